The van der Waals surface area contributed by atoms with Crippen molar-refractivity contribution in [3.05, 3.63) is 63.7 Å². The van der Waals surface area contributed by atoms with Crippen molar-refractivity contribution >= 4 is 29.1 Å². The van der Waals surface area contributed by atoms with Gasteiger partial charge in [0.15, 0.2) is 5.78 Å². The Balaban J connectivity index is 2.27. The maximum atomic E-state index is 11.2. The highest BCUT2D eigenvalue weighted by atomic mass is 16.6. The first kappa shape index (κ1) is 16.4. The predicted octanol–water partition coefficient (Wildman–Crippen LogP) is 3.61. The molecular formula is C17H17N3O3. The second-order valence-electron chi connectivity index (χ2n) is 5.26. The summed E-state index contributed by atoms with van der Waals surface area (Å²) in [5, 5.41) is 11.2. The molecule has 0 unspecified atom stereocenters. The molecule has 23 heavy (non-hydrogen) atoms. The lowest BCUT2D eigenvalue weighted by Gasteiger charge is -2.12. The van der Waals surface area contributed by atoms with Gasteiger partial charge in [-0.15, -0.1) is 0 Å². The summed E-state index contributed by atoms with van der Waals surface area (Å²) in [5.41, 5.74) is 2.51. The first-order valence-corrected chi connectivity index (χ1v) is 6.99. The molecule has 6 nitrogen and oxygen atoms in total. The average molecular weight is 311 g/mol. The van der Waals surface area contributed by atoms with Gasteiger partial charge >= 0.3 is 0 Å². The van der Waals surface area contributed by atoms with Crippen molar-refractivity contribution in [3.63, 3.8) is 0 Å². The smallest absolute Gasteiger partial charge is 0.293 e. The third-order valence-electron chi connectivity index (χ3n) is 3.31. The van der Waals surface area contributed by atoms with Crippen LogP contribution in [0.1, 0.15) is 22.8 Å². The molecule has 0 aliphatic carbocycles. The minimum atomic E-state index is -0.408. The van der Waals surface area contributed by atoms with Gasteiger partial charge in [0.05, 0.1) is 10.6 Å². The van der Waals surface area contributed by atoms with Gasteiger partial charge in [0.1, 0.15) is 5.69 Å². The van der Waals surface area contributed by atoms with Crippen molar-refractivity contribution in [2.45, 2.75) is 6.92 Å². The van der Waals surface area contributed by atoms with Gasteiger partial charge in [-0.3, -0.25) is 19.9 Å². The fourth-order valence-corrected chi connectivity index (χ4v) is 2.08. The van der Waals surface area contributed by atoms with Crippen LogP contribution in [0.3, 0.4) is 0 Å². The summed E-state index contributed by atoms with van der Waals surface area (Å²) >= 11 is 0. The van der Waals surface area contributed by atoms with Gasteiger partial charge in [-0.1, -0.05) is 6.07 Å². The molecular weight excluding hydrogens is 294 g/mol. The normalized spacial score (nSPS) is 10.7. The fourth-order valence-electron chi connectivity index (χ4n) is 2.08. The monoisotopic (exact) mass is 311 g/mol. The number of Topliss-reactive ketones (excluding diaryl/α,β-unsaturated/α-hetero) is 1. The van der Waals surface area contributed by atoms with E-state index in [-0.39, 0.29) is 11.5 Å². The topological polar surface area (TPSA) is 75.8 Å². The van der Waals surface area contributed by atoms with Crippen LogP contribution in [0.2, 0.25) is 0 Å². The lowest BCUT2D eigenvalue weighted by Crippen LogP contribution is -2.11. The van der Waals surface area contributed by atoms with E-state index >= 15 is 0 Å². The SMILES string of the molecule is CC(=O)c1ccc(N=Cc2ccc(N(C)C)c([N+](=O)[O-])c2)cc1. The van der Waals surface area contributed by atoms with E-state index in [0.717, 1.165) is 0 Å². The van der Waals surface area contributed by atoms with Crippen molar-refractivity contribution in [1.29, 1.82) is 0 Å². The van der Waals surface area contributed by atoms with Gasteiger partial charge in [-0.2, -0.15) is 0 Å². The zero-order valence-electron chi connectivity index (χ0n) is 13.2. The summed E-state index contributed by atoms with van der Waals surface area (Å²) in [6.45, 7) is 1.50. The number of benzene rings is 2. The van der Waals surface area contributed by atoms with Crippen LogP contribution in [0.5, 0.6) is 0 Å². The molecule has 0 heterocycles. The minimum Gasteiger partial charge on any atom is -0.372 e. The van der Waals surface area contributed by atoms with E-state index in [0.29, 0.717) is 22.5 Å². The molecule has 2 aromatic carbocycles. The summed E-state index contributed by atoms with van der Waals surface area (Å²) in [7, 11) is 3.51. The lowest BCUT2D eigenvalue weighted by molar-refractivity contribution is -0.384. The zero-order chi connectivity index (χ0) is 17.0. The number of nitro groups is 1. The molecule has 0 atom stereocenters. The number of hydrogen-bond acceptors (Lipinski definition) is 5. The van der Waals surface area contributed by atoms with E-state index in [2.05, 4.69) is 4.99 Å². The molecule has 118 valence electrons. The maximum absolute atomic E-state index is 11.2. The highest BCUT2D eigenvalue weighted by Gasteiger charge is 2.15. The van der Waals surface area contributed by atoms with Gasteiger partial charge in [-0.25, -0.2) is 0 Å². The number of anilines is 1. The van der Waals surface area contributed by atoms with Crippen LogP contribution in [0.25, 0.3) is 0 Å². The molecule has 0 radical (unpaired) electrons. The van der Waals surface area contributed by atoms with Gasteiger partial charge < -0.3 is 4.90 Å². The number of carbonyl (C=O) groups is 1. The van der Waals surface area contributed by atoms with E-state index in [9.17, 15) is 14.9 Å². The second kappa shape index (κ2) is 6.83. The predicted molar refractivity (Wildman–Crippen MR) is 91.1 cm³/mol. The van der Waals surface area contributed by atoms with E-state index in [1.807, 2.05) is 0 Å². The number of nitrogens with zero attached hydrogens (tertiary/aromatic N) is 3. The number of hydrogen-bond donors (Lipinski definition) is 0. The van der Waals surface area contributed by atoms with Crippen molar-refractivity contribution in [3.8, 4) is 0 Å². The zero-order valence-corrected chi connectivity index (χ0v) is 13.2. The summed E-state index contributed by atoms with van der Waals surface area (Å²) in [6, 6.07) is 11.8. The molecule has 0 amide bonds. The van der Waals surface area contributed by atoms with Crippen molar-refractivity contribution in [1.82, 2.24) is 0 Å². The van der Waals surface area contributed by atoms with Crippen LogP contribution >= 0.6 is 0 Å². The standard InChI is InChI=1S/C17H17N3O3/c1-12(21)14-5-7-15(8-6-14)18-11-13-4-9-16(19(2)3)17(10-13)20(22)23/h4-11H,1-3H3. The first-order valence-electron chi connectivity index (χ1n) is 6.99. The van der Waals surface area contributed by atoms with E-state index < -0.39 is 4.92 Å². The molecule has 0 saturated carbocycles. The molecule has 0 aliphatic heterocycles. The second-order valence-corrected chi connectivity index (χ2v) is 5.26. The van der Waals surface area contributed by atoms with Gasteiger partial charge in [0.25, 0.3) is 5.69 Å². The van der Waals surface area contributed by atoms with Crippen LogP contribution in [0, 0.1) is 10.1 Å². The Bertz CT molecular complexity index is 765. The Morgan fingerprint density at radius 2 is 1.83 bits per heavy atom. The Kier molecular flexibility index (Phi) is 4.85. The fraction of sp³-hybridized carbons (Fsp3) is 0.176. The van der Waals surface area contributed by atoms with Crippen LogP contribution in [-0.2, 0) is 0 Å². The lowest BCUT2D eigenvalue weighted by atomic mass is 10.1. The quantitative estimate of drug-likeness (QED) is 0.366. The largest absolute Gasteiger partial charge is 0.372 e. The summed E-state index contributed by atoms with van der Waals surface area (Å²) < 4.78 is 0. The number of ketones is 1. The molecule has 2 rings (SSSR count). The van der Waals surface area contributed by atoms with Gasteiger partial charge in [-0.05, 0) is 42.8 Å². The Morgan fingerprint density at radius 1 is 1.17 bits per heavy atom. The Morgan fingerprint density at radius 3 is 2.35 bits per heavy atom. The number of rotatable bonds is 5. The molecule has 0 spiro atoms. The molecule has 0 aromatic heterocycles. The van der Waals surface area contributed by atoms with Gasteiger partial charge in [0.2, 0.25) is 0 Å². The van der Waals surface area contributed by atoms with Crippen LogP contribution in [-0.4, -0.2) is 31.0 Å². The molecule has 0 fully saturated rings. The number of carbonyl (C=O) groups excluding carboxylic acids is 1. The molecule has 2 aromatic rings. The van der Waals surface area contributed by atoms with Crippen LogP contribution in [0.4, 0.5) is 17.1 Å². The van der Waals surface area contributed by atoms with Crippen LogP contribution in [0.15, 0.2) is 47.5 Å². The molecule has 0 saturated heterocycles. The molecule has 0 bridgehead atoms. The highest BCUT2D eigenvalue weighted by Crippen LogP contribution is 2.27. The number of aliphatic imine (C=N–C) groups is 1. The third-order valence-corrected chi connectivity index (χ3v) is 3.31. The minimum absolute atomic E-state index is 0.00423. The summed E-state index contributed by atoms with van der Waals surface area (Å²) in [5.74, 6) is -0.00423. The van der Waals surface area contributed by atoms with E-state index in [1.54, 1.807) is 61.6 Å². The molecule has 0 N–H and O–H groups in total. The van der Waals surface area contributed by atoms with Crippen molar-refractivity contribution < 1.29 is 9.72 Å². The third kappa shape index (κ3) is 4.00. The maximum Gasteiger partial charge on any atom is 0.293 e. The Hall–Kier alpha value is -3.02. The molecule has 0 aliphatic rings. The van der Waals surface area contributed by atoms with Crippen molar-refractivity contribution in [2.75, 3.05) is 19.0 Å². The highest BCUT2D eigenvalue weighted by molar-refractivity contribution is 5.94. The first-order chi connectivity index (χ1) is 10.9. The molecule has 6 heteroatoms. The summed E-state index contributed by atoms with van der Waals surface area (Å²) in [6.07, 6.45) is 1.56. The van der Waals surface area contributed by atoms with E-state index in [4.69, 9.17) is 0 Å². The van der Waals surface area contributed by atoms with Gasteiger partial charge in [0, 0.05) is 31.9 Å². The number of nitro benzene ring substituents is 1. The van der Waals surface area contributed by atoms with Crippen molar-refractivity contribution in [2.24, 2.45) is 4.99 Å². The van der Waals surface area contributed by atoms with Crippen LogP contribution < -0.4 is 4.90 Å². The van der Waals surface area contributed by atoms with E-state index in [1.165, 1.54) is 13.0 Å². The Labute approximate surface area is 134 Å². The summed E-state index contributed by atoms with van der Waals surface area (Å²) in [4.78, 5) is 27.9. The average Bonchev–Trinajstić information content (AvgIpc) is 2.52.